The molecule has 114 valence electrons. The molecule has 1 heterocycles. The van der Waals surface area contributed by atoms with Gasteiger partial charge in [-0.05, 0) is 25.0 Å². The number of nitrogens with two attached hydrogens (primary N) is 1. The third-order valence-electron chi connectivity index (χ3n) is 3.61. The van der Waals surface area contributed by atoms with Crippen LogP contribution in [0.2, 0.25) is 0 Å². The lowest BCUT2D eigenvalue weighted by atomic mass is 9.96. The second-order valence-corrected chi connectivity index (χ2v) is 4.95. The van der Waals surface area contributed by atoms with Crippen molar-refractivity contribution in [3.63, 3.8) is 0 Å². The van der Waals surface area contributed by atoms with Crippen molar-refractivity contribution in [3.8, 4) is 0 Å². The average Bonchev–Trinajstić information content (AvgIpc) is 2.49. The number of likely N-dealkylation sites (tertiary alicyclic amines) is 1. The molecule has 1 aliphatic rings. The minimum atomic E-state index is -0.920. The zero-order chi connectivity index (χ0) is 15.6. The molecule has 0 unspecified atom stereocenters. The molecule has 0 aliphatic carbocycles. The lowest BCUT2D eigenvalue weighted by Gasteiger charge is -2.30. The van der Waals surface area contributed by atoms with Crippen LogP contribution in [0.1, 0.15) is 23.2 Å². The number of carbonyl (C=O) groups excluding carboxylic acids is 2. The van der Waals surface area contributed by atoms with Gasteiger partial charge in [-0.25, -0.2) is 8.78 Å². The molecule has 21 heavy (non-hydrogen) atoms. The Balaban J connectivity index is 2.11. The minimum Gasteiger partial charge on any atom is -0.469 e. The second kappa shape index (κ2) is 6.07. The number of halogens is 2. The maximum Gasteiger partial charge on any atom is 0.308 e. The van der Waals surface area contributed by atoms with Gasteiger partial charge in [0, 0.05) is 13.1 Å². The van der Waals surface area contributed by atoms with Crippen LogP contribution in [0, 0.1) is 17.6 Å². The van der Waals surface area contributed by atoms with Crippen molar-refractivity contribution < 1.29 is 23.1 Å². The molecule has 0 radical (unpaired) electrons. The molecular formula is C14H16F2N2O3. The number of nitrogens with zero attached hydrogens (tertiary/aromatic N) is 1. The van der Waals surface area contributed by atoms with E-state index < -0.39 is 23.2 Å². The van der Waals surface area contributed by atoms with E-state index in [1.807, 2.05) is 0 Å². The Hall–Kier alpha value is -2.18. The van der Waals surface area contributed by atoms with E-state index in [-0.39, 0.29) is 30.5 Å². The highest BCUT2D eigenvalue weighted by Crippen LogP contribution is 2.23. The third-order valence-corrected chi connectivity index (χ3v) is 3.61. The summed E-state index contributed by atoms with van der Waals surface area (Å²) in [6.45, 7) is 0.572. The lowest BCUT2D eigenvalue weighted by Crippen LogP contribution is -2.40. The summed E-state index contributed by atoms with van der Waals surface area (Å²) in [7, 11) is 1.31. The average molecular weight is 298 g/mol. The van der Waals surface area contributed by atoms with Gasteiger partial charge in [0.25, 0.3) is 5.91 Å². The van der Waals surface area contributed by atoms with Crippen LogP contribution in [0.25, 0.3) is 0 Å². The number of carbonyl (C=O) groups is 2. The van der Waals surface area contributed by atoms with E-state index in [1.54, 1.807) is 0 Å². The molecule has 1 amide bonds. The quantitative estimate of drug-likeness (QED) is 0.664. The van der Waals surface area contributed by atoms with Crippen molar-refractivity contribution in [2.24, 2.45) is 5.92 Å². The van der Waals surface area contributed by atoms with Gasteiger partial charge >= 0.3 is 5.97 Å². The summed E-state index contributed by atoms with van der Waals surface area (Å²) < 4.78 is 31.8. The lowest BCUT2D eigenvalue weighted by molar-refractivity contribution is -0.146. The molecule has 0 bridgehead atoms. The topological polar surface area (TPSA) is 72.6 Å². The van der Waals surface area contributed by atoms with E-state index in [9.17, 15) is 18.4 Å². The van der Waals surface area contributed by atoms with E-state index in [1.165, 1.54) is 12.0 Å². The Bertz CT molecular complexity index is 570. The third kappa shape index (κ3) is 3.12. The van der Waals surface area contributed by atoms with Crippen molar-refractivity contribution in [1.29, 1.82) is 0 Å². The number of methoxy groups -OCH3 is 1. The van der Waals surface area contributed by atoms with Crippen LogP contribution in [0.3, 0.4) is 0 Å². The number of benzene rings is 1. The van der Waals surface area contributed by atoms with E-state index in [0.29, 0.717) is 12.8 Å². The van der Waals surface area contributed by atoms with Gasteiger partial charge in [0.05, 0.1) is 24.3 Å². The Morgan fingerprint density at radius 1 is 1.29 bits per heavy atom. The molecule has 0 spiro atoms. The fraction of sp³-hybridized carbons (Fsp3) is 0.429. The summed E-state index contributed by atoms with van der Waals surface area (Å²) in [6, 6.07) is 1.66. The molecule has 1 fully saturated rings. The van der Waals surface area contributed by atoms with Gasteiger partial charge in [0.1, 0.15) is 5.82 Å². The smallest absolute Gasteiger partial charge is 0.308 e. The SMILES string of the molecule is COC(=O)C1CCN(C(=O)c2cc(F)cc(N)c2F)CC1. The molecule has 1 saturated heterocycles. The van der Waals surface area contributed by atoms with Gasteiger partial charge in [0.2, 0.25) is 0 Å². The predicted molar refractivity (Wildman–Crippen MR) is 71.4 cm³/mol. The summed E-state index contributed by atoms with van der Waals surface area (Å²) in [5.41, 5.74) is 4.54. The molecule has 0 atom stereocenters. The summed E-state index contributed by atoms with van der Waals surface area (Å²) in [5, 5.41) is 0. The van der Waals surface area contributed by atoms with Gasteiger partial charge in [0.15, 0.2) is 5.82 Å². The first kappa shape index (κ1) is 15.2. The van der Waals surface area contributed by atoms with Crippen LogP contribution < -0.4 is 5.73 Å². The van der Waals surface area contributed by atoms with Crippen molar-refractivity contribution in [2.45, 2.75) is 12.8 Å². The van der Waals surface area contributed by atoms with Crippen molar-refractivity contribution in [3.05, 3.63) is 29.3 Å². The largest absolute Gasteiger partial charge is 0.469 e. The molecule has 1 aromatic rings. The standard InChI is InChI=1S/C14H16F2N2O3/c1-21-14(20)8-2-4-18(5-3-8)13(19)10-6-9(15)7-11(17)12(10)16/h6-8H,2-5,17H2,1H3. The van der Waals surface area contributed by atoms with Gasteiger partial charge < -0.3 is 15.4 Å². The minimum absolute atomic E-state index is 0.263. The monoisotopic (exact) mass is 298 g/mol. The van der Waals surface area contributed by atoms with Crippen molar-refractivity contribution in [2.75, 3.05) is 25.9 Å². The van der Waals surface area contributed by atoms with E-state index in [2.05, 4.69) is 4.74 Å². The van der Waals surface area contributed by atoms with Crippen LogP contribution in [0.15, 0.2) is 12.1 Å². The van der Waals surface area contributed by atoms with E-state index >= 15 is 0 Å². The highest BCUT2D eigenvalue weighted by Gasteiger charge is 2.29. The molecule has 7 heteroatoms. The van der Waals surface area contributed by atoms with Crippen LogP contribution in [0.5, 0.6) is 0 Å². The maximum atomic E-state index is 13.8. The van der Waals surface area contributed by atoms with Gasteiger partial charge in [-0.2, -0.15) is 0 Å². The number of ether oxygens (including phenoxy) is 1. The van der Waals surface area contributed by atoms with Gasteiger partial charge in [-0.3, -0.25) is 9.59 Å². The zero-order valence-electron chi connectivity index (χ0n) is 11.6. The Kier molecular flexibility index (Phi) is 4.40. The first-order valence-electron chi connectivity index (χ1n) is 6.55. The number of piperidine rings is 1. The summed E-state index contributed by atoms with van der Waals surface area (Å²) in [4.78, 5) is 25.0. The predicted octanol–water partition coefficient (Wildman–Crippen LogP) is 1.57. The Morgan fingerprint density at radius 3 is 2.48 bits per heavy atom. The zero-order valence-corrected chi connectivity index (χ0v) is 11.6. The first-order chi connectivity index (χ1) is 9.93. The fourth-order valence-electron chi connectivity index (χ4n) is 2.42. The summed E-state index contributed by atoms with van der Waals surface area (Å²) in [5.74, 6) is -2.88. The van der Waals surface area contributed by atoms with Crippen LogP contribution in [-0.2, 0) is 9.53 Å². The first-order valence-corrected chi connectivity index (χ1v) is 6.55. The van der Waals surface area contributed by atoms with Crippen molar-refractivity contribution >= 4 is 17.6 Å². The molecule has 5 nitrogen and oxygen atoms in total. The van der Waals surface area contributed by atoms with E-state index in [4.69, 9.17) is 5.73 Å². The van der Waals surface area contributed by atoms with Crippen LogP contribution >= 0.6 is 0 Å². The number of esters is 1. The number of hydrogen-bond acceptors (Lipinski definition) is 4. The molecule has 2 rings (SSSR count). The van der Waals surface area contributed by atoms with E-state index in [0.717, 1.165) is 12.1 Å². The summed E-state index contributed by atoms with van der Waals surface area (Å²) in [6.07, 6.45) is 0.871. The molecule has 0 saturated carbocycles. The normalized spacial score (nSPS) is 15.9. The number of rotatable bonds is 2. The number of hydrogen-bond donors (Lipinski definition) is 1. The van der Waals surface area contributed by atoms with Gasteiger partial charge in [-0.1, -0.05) is 0 Å². The summed E-state index contributed by atoms with van der Waals surface area (Å²) >= 11 is 0. The highest BCUT2D eigenvalue weighted by molar-refractivity contribution is 5.95. The van der Waals surface area contributed by atoms with Gasteiger partial charge in [-0.15, -0.1) is 0 Å². The Morgan fingerprint density at radius 2 is 1.90 bits per heavy atom. The fourth-order valence-corrected chi connectivity index (χ4v) is 2.42. The molecule has 1 aromatic carbocycles. The molecular weight excluding hydrogens is 282 g/mol. The molecule has 2 N–H and O–H groups in total. The Labute approximate surface area is 120 Å². The highest BCUT2D eigenvalue weighted by atomic mass is 19.1. The van der Waals surface area contributed by atoms with Crippen LogP contribution in [-0.4, -0.2) is 37.0 Å². The van der Waals surface area contributed by atoms with Crippen LogP contribution in [0.4, 0.5) is 14.5 Å². The number of nitrogen functional groups attached to an aromatic ring is 1. The number of anilines is 1. The second-order valence-electron chi connectivity index (χ2n) is 4.95. The molecule has 0 aromatic heterocycles. The van der Waals surface area contributed by atoms with Crippen molar-refractivity contribution in [1.82, 2.24) is 4.90 Å². The number of amides is 1. The maximum absolute atomic E-state index is 13.8. The molecule has 1 aliphatic heterocycles.